The van der Waals surface area contributed by atoms with Crippen LogP contribution in [-0.2, 0) is 0 Å². The Morgan fingerprint density at radius 3 is 2.67 bits per heavy atom. The monoisotopic (exact) mass is 201 g/mol. The molecular weight excluding hydrogens is 182 g/mol. The third kappa shape index (κ3) is 2.06. The van der Waals surface area contributed by atoms with E-state index in [4.69, 9.17) is 0 Å². The molecule has 2 atom stereocenters. The lowest BCUT2D eigenvalue weighted by Crippen LogP contribution is -2.29. The summed E-state index contributed by atoms with van der Waals surface area (Å²) in [4.78, 5) is 2.50. The highest BCUT2D eigenvalue weighted by Gasteiger charge is 2.28. The molecule has 0 aliphatic carbocycles. The first-order chi connectivity index (χ1) is 7.33. The minimum Gasteiger partial charge on any atom is -0.368 e. The van der Waals surface area contributed by atoms with Gasteiger partial charge in [-0.05, 0) is 38.3 Å². The second-order valence-corrected chi connectivity index (χ2v) is 4.25. The molecule has 0 saturated carbocycles. The molecule has 1 nitrogen and oxygen atoms in total. The molecule has 1 aliphatic rings. The van der Waals surface area contributed by atoms with E-state index in [1.165, 1.54) is 18.7 Å². The molecule has 15 heavy (non-hydrogen) atoms. The first-order valence-electron chi connectivity index (χ1n) is 5.77. The van der Waals surface area contributed by atoms with E-state index in [1.54, 1.807) is 0 Å². The van der Waals surface area contributed by atoms with E-state index in [1.807, 2.05) is 0 Å². The standard InChI is InChI=1S/C14H19N/c1-3-7-13-10-11-15(12(13)2)14-8-5-4-6-9-14/h3-9,12-13H,10-11H2,1-2H3/b7-3-/t12-,13+/m0/s1. The molecule has 80 valence electrons. The molecule has 0 amide bonds. The molecule has 1 saturated heterocycles. The zero-order chi connectivity index (χ0) is 10.7. The Labute approximate surface area is 92.4 Å². The fourth-order valence-corrected chi connectivity index (χ4v) is 2.45. The number of anilines is 1. The molecule has 0 unspecified atom stereocenters. The third-order valence-electron chi connectivity index (χ3n) is 3.34. The van der Waals surface area contributed by atoms with Crippen LogP contribution in [0.25, 0.3) is 0 Å². The largest absolute Gasteiger partial charge is 0.368 e. The summed E-state index contributed by atoms with van der Waals surface area (Å²) in [7, 11) is 0. The summed E-state index contributed by atoms with van der Waals surface area (Å²) in [6.07, 6.45) is 5.80. The van der Waals surface area contributed by atoms with Crippen molar-refractivity contribution in [2.75, 3.05) is 11.4 Å². The molecule has 2 rings (SSSR count). The molecule has 1 aromatic carbocycles. The number of nitrogens with zero attached hydrogens (tertiary/aromatic N) is 1. The van der Waals surface area contributed by atoms with E-state index < -0.39 is 0 Å². The van der Waals surface area contributed by atoms with Crippen LogP contribution in [0.4, 0.5) is 5.69 Å². The van der Waals surface area contributed by atoms with E-state index in [2.05, 4.69) is 61.2 Å². The van der Waals surface area contributed by atoms with Gasteiger partial charge in [-0.2, -0.15) is 0 Å². The van der Waals surface area contributed by atoms with E-state index >= 15 is 0 Å². The molecular formula is C14H19N. The van der Waals surface area contributed by atoms with Crippen LogP contribution >= 0.6 is 0 Å². The summed E-state index contributed by atoms with van der Waals surface area (Å²) in [5.41, 5.74) is 1.36. The lowest BCUT2D eigenvalue weighted by atomic mass is 10.0. The molecule has 1 aliphatic heterocycles. The van der Waals surface area contributed by atoms with E-state index in [-0.39, 0.29) is 0 Å². The van der Waals surface area contributed by atoms with Crippen molar-refractivity contribution in [3.05, 3.63) is 42.5 Å². The van der Waals surface area contributed by atoms with Crippen LogP contribution in [0.5, 0.6) is 0 Å². The number of para-hydroxylation sites is 1. The average Bonchev–Trinajstić information content (AvgIpc) is 2.63. The summed E-state index contributed by atoms with van der Waals surface area (Å²) in [6, 6.07) is 11.3. The van der Waals surface area contributed by atoms with Crippen LogP contribution in [0, 0.1) is 5.92 Å². The lowest BCUT2D eigenvalue weighted by molar-refractivity contribution is 0.603. The summed E-state index contributed by atoms with van der Waals surface area (Å²) < 4.78 is 0. The fourth-order valence-electron chi connectivity index (χ4n) is 2.45. The number of rotatable bonds is 2. The quantitative estimate of drug-likeness (QED) is 0.662. The van der Waals surface area contributed by atoms with E-state index in [9.17, 15) is 0 Å². The first kappa shape index (κ1) is 10.3. The van der Waals surface area contributed by atoms with Crippen molar-refractivity contribution in [3.63, 3.8) is 0 Å². The number of hydrogen-bond donors (Lipinski definition) is 0. The Balaban J connectivity index is 2.14. The van der Waals surface area contributed by atoms with Gasteiger partial charge in [-0.25, -0.2) is 0 Å². The van der Waals surface area contributed by atoms with Gasteiger partial charge in [-0.15, -0.1) is 0 Å². The predicted octanol–water partition coefficient (Wildman–Crippen LogP) is 3.48. The van der Waals surface area contributed by atoms with Crippen molar-refractivity contribution in [3.8, 4) is 0 Å². The molecule has 0 bridgehead atoms. The van der Waals surface area contributed by atoms with Crippen molar-refractivity contribution >= 4 is 5.69 Å². The third-order valence-corrected chi connectivity index (χ3v) is 3.34. The molecule has 1 fully saturated rings. The fraction of sp³-hybridized carbons (Fsp3) is 0.429. The van der Waals surface area contributed by atoms with Gasteiger partial charge in [-0.3, -0.25) is 0 Å². The SMILES string of the molecule is C/C=C\[C@@H]1CCN(c2ccccc2)[C@H]1C. The van der Waals surface area contributed by atoms with Crippen LogP contribution in [-0.4, -0.2) is 12.6 Å². The van der Waals surface area contributed by atoms with Crippen molar-refractivity contribution < 1.29 is 0 Å². The molecule has 1 heterocycles. The number of allylic oxidation sites excluding steroid dienone is 1. The lowest BCUT2D eigenvalue weighted by Gasteiger charge is -2.25. The maximum absolute atomic E-state index is 2.50. The Morgan fingerprint density at radius 1 is 1.27 bits per heavy atom. The van der Waals surface area contributed by atoms with Crippen LogP contribution in [0.3, 0.4) is 0 Å². The van der Waals surface area contributed by atoms with Gasteiger partial charge in [0.25, 0.3) is 0 Å². The Kier molecular flexibility index (Phi) is 3.10. The molecule has 0 radical (unpaired) electrons. The van der Waals surface area contributed by atoms with Crippen molar-refractivity contribution in [2.45, 2.75) is 26.3 Å². The summed E-state index contributed by atoms with van der Waals surface area (Å²) in [5, 5.41) is 0. The van der Waals surface area contributed by atoms with Gasteiger partial charge in [0.05, 0.1) is 0 Å². The first-order valence-corrected chi connectivity index (χ1v) is 5.77. The highest BCUT2D eigenvalue weighted by Crippen LogP contribution is 2.30. The number of hydrogen-bond acceptors (Lipinski definition) is 1. The Bertz CT molecular complexity index is 328. The van der Waals surface area contributed by atoms with Gasteiger partial charge >= 0.3 is 0 Å². The maximum atomic E-state index is 2.50. The van der Waals surface area contributed by atoms with Gasteiger partial charge in [0, 0.05) is 18.3 Å². The normalized spacial score (nSPS) is 26.4. The van der Waals surface area contributed by atoms with Crippen LogP contribution in [0.1, 0.15) is 20.3 Å². The average molecular weight is 201 g/mol. The Hall–Kier alpha value is -1.24. The van der Waals surface area contributed by atoms with Gasteiger partial charge < -0.3 is 4.90 Å². The number of benzene rings is 1. The topological polar surface area (TPSA) is 3.24 Å². The minimum atomic E-state index is 0.628. The highest BCUT2D eigenvalue weighted by atomic mass is 15.2. The molecule has 0 spiro atoms. The smallest absolute Gasteiger partial charge is 0.0368 e. The summed E-state index contributed by atoms with van der Waals surface area (Å²) in [5.74, 6) is 0.718. The molecule has 0 N–H and O–H groups in total. The van der Waals surface area contributed by atoms with Crippen LogP contribution in [0.2, 0.25) is 0 Å². The molecule has 0 aromatic heterocycles. The Morgan fingerprint density at radius 2 is 2.00 bits per heavy atom. The minimum absolute atomic E-state index is 0.628. The summed E-state index contributed by atoms with van der Waals surface area (Å²) in [6.45, 7) is 5.61. The van der Waals surface area contributed by atoms with Crippen molar-refractivity contribution in [1.82, 2.24) is 0 Å². The maximum Gasteiger partial charge on any atom is 0.0368 e. The summed E-state index contributed by atoms with van der Waals surface area (Å²) >= 11 is 0. The van der Waals surface area contributed by atoms with Crippen LogP contribution in [0.15, 0.2) is 42.5 Å². The van der Waals surface area contributed by atoms with Gasteiger partial charge in [0.2, 0.25) is 0 Å². The van der Waals surface area contributed by atoms with Crippen LogP contribution < -0.4 is 4.90 Å². The molecule has 1 heteroatoms. The van der Waals surface area contributed by atoms with Gasteiger partial charge in [0.15, 0.2) is 0 Å². The zero-order valence-corrected chi connectivity index (χ0v) is 9.56. The van der Waals surface area contributed by atoms with Gasteiger partial charge in [0.1, 0.15) is 0 Å². The molecule has 1 aromatic rings. The second-order valence-electron chi connectivity index (χ2n) is 4.25. The van der Waals surface area contributed by atoms with Crippen molar-refractivity contribution in [1.29, 1.82) is 0 Å². The van der Waals surface area contributed by atoms with E-state index in [0.29, 0.717) is 6.04 Å². The predicted molar refractivity (Wildman–Crippen MR) is 66.2 cm³/mol. The van der Waals surface area contributed by atoms with Crippen molar-refractivity contribution in [2.24, 2.45) is 5.92 Å². The zero-order valence-electron chi connectivity index (χ0n) is 9.56. The van der Waals surface area contributed by atoms with Gasteiger partial charge in [-0.1, -0.05) is 30.4 Å². The van der Waals surface area contributed by atoms with E-state index in [0.717, 1.165) is 5.92 Å². The highest BCUT2D eigenvalue weighted by molar-refractivity contribution is 5.48. The second kappa shape index (κ2) is 4.52.